The average molecular weight is 234 g/mol. The normalized spacial score (nSPS) is 10.5. The van der Waals surface area contributed by atoms with Crippen LogP contribution >= 0.6 is 0 Å². The maximum Gasteiger partial charge on any atom is 0.0951 e. The molecular weight excluding hydrogens is 220 g/mol. The second-order valence-electron chi connectivity index (χ2n) is 4.37. The fourth-order valence-electron chi connectivity index (χ4n) is 2.05. The molecule has 2 nitrogen and oxygen atoms in total. The fraction of sp³-hybridized carbons (Fsp3) is 0.0625. The van der Waals surface area contributed by atoms with Gasteiger partial charge in [-0.05, 0) is 17.2 Å². The Kier molecular flexibility index (Phi) is 2.69. The SMILES string of the molecule is Cn1cnc(-c2cccc(-c3ccccc3)c2)c1. The first-order valence-corrected chi connectivity index (χ1v) is 5.97. The third-order valence-electron chi connectivity index (χ3n) is 2.97. The molecule has 0 spiro atoms. The number of imidazole rings is 1. The van der Waals surface area contributed by atoms with Crippen molar-refractivity contribution >= 4 is 0 Å². The lowest BCUT2D eigenvalue weighted by Crippen LogP contribution is -1.81. The lowest BCUT2D eigenvalue weighted by Gasteiger charge is -2.03. The molecule has 0 unspecified atom stereocenters. The molecule has 3 aromatic rings. The summed E-state index contributed by atoms with van der Waals surface area (Å²) in [7, 11) is 1.98. The summed E-state index contributed by atoms with van der Waals surface area (Å²) < 4.78 is 1.96. The predicted octanol–water partition coefficient (Wildman–Crippen LogP) is 3.75. The molecule has 0 atom stereocenters. The van der Waals surface area contributed by atoms with Crippen LogP contribution in [-0.4, -0.2) is 9.55 Å². The van der Waals surface area contributed by atoms with E-state index in [9.17, 15) is 0 Å². The minimum absolute atomic E-state index is 1.01. The first kappa shape index (κ1) is 10.8. The van der Waals surface area contributed by atoms with Crippen molar-refractivity contribution < 1.29 is 0 Å². The number of nitrogens with zero attached hydrogens (tertiary/aromatic N) is 2. The van der Waals surface area contributed by atoms with E-state index < -0.39 is 0 Å². The predicted molar refractivity (Wildman–Crippen MR) is 74.1 cm³/mol. The van der Waals surface area contributed by atoms with Gasteiger partial charge in [-0.2, -0.15) is 0 Å². The molecule has 0 aliphatic heterocycles. The number of aromatic nitrogens is 2. The summed E-state index contributed by atoms with van der Waals surface area (Å²) >= 11 is 0. The van der Waals surface area contributed by atoms with Crippen molar-refractivity contribution in [1.29, 1.82) is 0 Å². The molecule has 0 saturated heterocycles. The van der Waals surface area contributed by atoms with E-state index in [0.29, 0.717) is 0 Å². The largest absolute Gasteiger partial charge is 0.340 e. The molecule has 1 heterocycles. The van der Waals surface area contributed by atoms with Crippen LogP contribution < -0.4 is 0 Å². The molecule has 3 rings (SSSR count). The van der Waals surface area contributed by atoms with Gasteiger partial charge < -0.3 is 4.57 Å². The van der Waals surface area contributed by atoms with Gasteiger partial charge in [0.05, 0.1) is 12.0 Å². The maximum absolute atomic E-state index is 4.38. The van der Waals surface area contributed by atoms with Gasteiger partial charge in [0.1, 0.15) is 0 Å². The molecule has 0 aliphatic rings. The number of aryl methyl sites for hydroxylation is 1. The average Bonchev–Trinajstić information content (AvgIpc) is 2.87. The first-order chi connectivity index (χ1) is 8.83. The fourth-order valence-corrected chi connectivity index (χ4v) is 2.05. The van der Waals surface area contributed by atoms with Gasteiger partial charge in [0.25, 0.3) is 0 Å². The molecule has 0 bridgehead atoms. The highest BCUT2D eigenvalue weighted by Crippen LogP contribution is 2.24. The summed E-state index contributed by atoms with van der Waals surface area (Å²) in [5, 5.41) is 0. The van der Waals surface area contributed by atoms with Crippen LogP contribution in [0.4, 0.5) is 0 Å². The van der Waals surface area contributed by atoms with E-state index in [1.54, 1.807) is 0 Å². The van der Waals surface area contributed by atoms with Crippen LogP contribution in [-0.2, 0) is 7.05 Å². The third-order valence-corrected chi connectivity index (χ3v) is 2.97. The van der Waals surface area contributed by atoms with E-state index in [0.717, 1.165) is 11.3 Å². The van der Waals surface area contributed by atoms with Crippen molar-refractivity contribution in [3.63, 3.8) is 0 Å². The minimum atomic E-state index is 1.01. The zero-order chi connectivity index (χ0) is 12.4. The summed E-state index contributed by atoms with van der Waals surface area (Å²) in [4.78, 5) is 4.38. The molecule has 18 heavy (non-hydrogen) atoms. The van der Waals surface area contributed by atoms with Crippen molar-refractivity contribution in [2.24, 2.45) is 7.05 Å². The van der Waals surface area contributed by atoms with E-state index >= 15 is 0 Å². The topological polar surface area (TPSA) is 17.8 Å². The highest BCUT2D eigenvalue weighted by atomic mass is 15.0. The van der Waals surface area contributed by atoms with Crippen molar-refractivity contribution in [2.45, 2.75) is 0 Å². The Hall–Kier alpha value is -2.35. The van der Waals surface area contributed by atoms with Crippen LogP contribution in [0.5, 0.6) is 0 Å². The molecule has 0 saturated carbocycles. The van der Waals surface area contributed by atoms with E-state index in [-0.39, 0.29) is 0 Å². The lowest BCUT2D eigenvalue weighted by atomic mass is 10.0. The summed E-state index contributed by atoms with van der Waals surface area (Å²) in [5.74, 6) is 0. The third kappa shape index (κ3) is 2.05. The van der Waals surface area contributed by atoms with E-state index in [1.807, 2.05) is 30.2 Å². The number of rotatable bonds is 2. The van der Waals surface area contributed by atoms with Crippen LogP contribution in [0.3, 0.4) is 0 Å². The lowest BCUT2D eigenvalue weighted by molar-refractivity contribution is 0.913. The van der Waals surface area contributed by atoms with Crippen LogP contribution in [0, 0.1) is 0 Å². The van der Waals surface area contributed by atoms with E-state index in [4.69, 9.17) is 0 Å². The summed E-state index contributed by atoms with van der Waals surface area (Å²) in [6.45, 7) is 0. The smallest absolute Gasteiger partial charge is 0.0951 e. The molecule has 0 aliphatic carbocycles. The van der Waals surface area contributed by atoms with Crippen molar-refractivity contribution in [2.75, 3.05) is 0 Å². The Bertz CT molecular complexity index is 654. The zero-order valence-electron chi connectivity index (χ0n) is 10.2. The van der Waals surface area contributed by atoms with Gasteiger partial charge in [-0.3, -0.25) is 0 Å². The van der Waals surface area contributed by atoms with Crippen LogP contribution in [0.15, 0.2) is 67.1 Å². The van der Waals surface area contributed by atoms with Gasteiger partial charge in [0.2, 0.25) is 0 Å². The number of benzene rings is 2. The Balaban J connectivity index is 2.05. The molecule has 1 aromatic heterocycles. The number of hydrogen-bond acceptors (Lipinski definition) is 1. The second-order valence-corrected chi connectivity index (χ2v) is 4.37. The maximum atomic E-state index is 4.38. The highest BCUT2D eigenvalue weighted by molar-refractivity contribution is 5.71. The summed E-state index contributed by atoms with van der Waals surface area (Å²) in [6.07, 6.45) is 3.86. The van der Waals surface area contributed by atoms with Gasteiger partial charge >= 0.3 is 0 Å². The molecule has 2 heteroatoms. The molecule has 0 fully saturated rings. The first-order valence-electron chi connectivity index (χ1n) is 5.97. The second kappa shape index (κ2) is 4.49. The van der Waals surface area contributed by atoms with Crippen LogP contribution in [0.25, 0.3) is 22.4 Å². The van der Waals surface area contributed by atoms with E-state index in [2.05, 4.69) is 53.5 Å². The molecule has 0 amide bonds. The quantitative estimate of drug-likeness (QED) is 0.660. The van der Waals surface area contributed by atoms with Crippen molar-refractivity contribution in [1.82, 2.24) is 9.55 Å². The van der Waals surface area contributed by atoms with Crippen molar-refractivity contribution in [3.05, 3.63) is 67.1 Å². The molecule has 88 valence electrons. The Labute approximate surface area is 107 Å². The molecular formula is C16H14N2. The van der Waals surface area contributed by atoms with Crippen molar-refractivity contribution in [3.8, 4) is 22.4 Å². The Morgan fingerprint density at radius 2 is 1.56 bits per heavy atom. The highest BCUT2D eigenvalue weighted by Gasteiger charge is 2.03. The minimum Gasteiger partial charge on any atom is -0.340 e. The van der Waals surface area contributed by atoms with Crippen LogP contribution in [0.2, 0.25) is 0 Å². The van der Waals surface area contributed by atoms with E-state index in [1.165, 1.54) is 11.1 Å². The standard InChI is InChI=1S/C16H14N2/c1-18-11-16(17-12-18)15-9-5-8-14(10-15)13-6-3-2-4-7-13/h2-12H,1H3. The van der Waals surface area contributed by atoms with Gasteiger partial charge in [-0.25, -0.2) is 4.98 Å². The van der Waals surface area contributed by atoms with Crippen LogP contribution in [0.1, 0.15) is 0 Å². The zero-order valence-corrected chi connectivity index (χ0v) is 10.2. The molecule has 0 radical (unpaired) electrons. The van der Waals surface area contributed by atoms with Gasteiger partial charge in [0, 0.05) is 18.8 Å². The summed E-state index contributed by atoms with van der Waals surface area (Å²) in [5.41, 5.74) is 4.61. The molecule has 2 aromatic carbocycles. The van der Waals surface area contributed by atoms with Gasteiger partial charge in [-0.1, -0.05) is 48.5 Å². The summed E-state index contributed by atoms with van der Waals surface area (Å²) in [6, 6.07) is 18.9. The number of hydrogen-bond donors (Lipinski definition) is 0. The Morgan fingerprint density at radius 3 is 2.28 bits per heavy atom. The Morgan fingerprint density at radius 1 is 0.833 bits per heavy atom. The molecule has 0 N–H and O–H groups in total. The van der Waals surface area contributed by atoms with Gasteiger partial charge in [-0.15, -0.1) is 0 Å². The van der Waals surface area contributed by atoms with Gasteiger partial charge in [0.15, 0.2) is 0 Å². The monoisotopic (exact) mass is 234 g/mol.